The minimum Gasteiger partial charge on any atom is -0.497 e. The summed E-state index contributed by atoms with van der Waals surface area (Å²) in [5.74, 6) is 0.758. The highest BCUT2D eigenvalue weighted by Gasteiger charge is 2.27. The van der Waals surface area contributed by atoms with E-state index in [1.807, 2.05) is 36.4 Å². The molecule has 2 rings (SSSR count). The van der Waals surface area contributed by atoms with Crippen LogP contribution in [0.25, 0.3) is 10.8 Å². The van der Waals surface area contributed by atoms with Crippen molar-refractivity contribution in [1.82, 2.24) is 5.32 Å². The summed E-state index contributed by atoms with van der Waals surface area (Å²) in [7, 11) is 1.60. The van der Waals surface area contributed by atoms with Gasteiger partial charge in [-0.25, -0.2) is 0 Å². The number of halogens is 3. The molecule has 0 saturated carbocycles. The van der Waals surface area contributed by atoms with Gasteiger partial charge in [0.05, 0.1) is 13.7 Å². The molecule has 0 amide bonds. The van der Waals surface area contributed by atoms with Gasteiger partial charge in [0.2, 0.25) is 0 Å². The van der Waals surface area contributed by atoms with E-state index in [4.69, 9.17) is 4.74 Å². The molecule has 0 aliphatic heterocycles. The van der Waals surface area contributed by atoms with Crippen LogP contribution in [0.4, 0.5) is 13.2 Å². The molecule has 0 aromatic heterocycles. The molecule has 0 saturated heterocycles. The predicted molar refractivity (Wildman–Crippen MR) is 73.0 cm³/mol. The Labute approximate surface area is 115 Å². The number of hydrogen-bond acceptors (Lipinski definition) is 2. The average molecular weight is 283 g/mol. The smallest absolute Gasteiger partial charge is 0.401 e. The normalized spacial score (nSPS) is 13.4. The Morgan fingerprint density at radius 1 is 1.10 bits per heavy atom. The second-order valence-electron chi connectivity index (χ2n) is 4.69. The molecule has 108 valence electrons. The summed E-state index contributed by atoms with van der Waals surface area (Å²) in [6.45, 7) is 0.727. The van der Waals surface area contributed by atoms with Gasteiger partial charge < -0.3 is 10.1 Å². The third-order valence-corrected chi connectivity index (χ3v) is 3.18. The summed E-state index contributed by atoms with van der Waals surface area (Å²) in [4.78, 5) is 0. The van der Waals surface area contributed by atoms with Crippen molar-refractivity contribution in [1.29, 1.82) is 0 Å². The molecule has 0 spiro atoms. The first kappa shape index (κ1) is 14.7. The summed E-state index contributed by atoms with van der Waals surface area (Å²) < 4.78 is 41.7. The number of benzene rings is 2. The Hall–Kier alpha value is -1.75. The lowest BCUT2D eigenvalue weighted by atomic mass is 10.0. The molecule has 5 heteroatoms. The first-order valence-electron chi connectivity index (χ1n) is 6.27. The number of nitrogens with one attached hydrogen (secondary N) is 1. The summed E-state index contributed by atoms with van der Waals surface area (Å²) in [6, 6.07) is 10.9. The first-order chi connectivity index (χ1) is 9.39. The Morgan fingerprint density at radius 3 is 2.40 bits per heavy atom. The van der Waals surface area contributed by atoms with Gasteiger partial charge in [0, 0.05) is 6.04 Å². The van der Waals surface area contributed by atoms with Gasteiger partial charge in [-0.05, 0) is 41.5 Å². The van der Waals surface area contributed by atoms with E-state index < -0.39 is 12.7 Å². The van der Waals surface area contributed by atoms with Crippen LogP contribution >= 0.6 is 0 Å². The van der Waals surface area contributed by atoms with Crippen LogP contribution < -0.4 is 10.1 Å². The molecule has 1 N–H and O–H groups in total. The number of alkyl halides is 3. The lowest BCUT2D eigenvalue weighted by Crippen LogP contribution is -2.30. The molecule has 0 radical (unpaired) electrons. The molecule has 2 aromatic carbocycles. The number of rotatable bonds is 4. The van der Waals surface area contributed by atoms with Crippen LogP contribution in [0.2, 0.25) is 0 Å². The zero-order valence-electron chi connectivity index (χ0n) is 11.3. The lowest BCUT2D eigenvalue weighted by molar-refractivity contribution is -0.126. The monoisotopic (exact) mass is 283 g/mol. The first-order valence-corrected chi connectivity index (χ1v) is 6.27. The molecule has 0 aliphatic carbocycles. The highest BCUT2D eigenvalue weighted by molar-refractivity contribution is 5.84. The van der Waals surface area contributed by atoms with Gasteiger partial charge in [-0.3, -0.25) is 0 Å². The van der Waals surface area contributed by atoms with Crippen LogP contribution in [0.5, 0.6) is 5.75 Å². The van der Waals surface area contributed by atoms with Crippen LogP contribution in [-0.2, 0) is 0 Å². The van der Waals surface area contributed by atoms with E-state index in [2.05, 4.69) is 5.32 Å². The molecular weight excluding hydrogens is 267 g/mol. The van der Waals surface area contributed by atoms with Crippen LogP contribution in [0.15, 0.2) is 36.4 Å². The zero-order valence-corrected chi connectivity index (χ0v) is 11.3. The van der Waals surface area contributed by atoms with Gasteiger partial charge in [-0.15, -0.1) is 0 Å². The predicted octanol–water partition coefficient (Wildman–Crippen LogP) is 4.06. The van der Waals surface area contributed by atoms with E-state index in [1.165, 1.54) is 0 Å². The molecule has 20 heavy (non-hydrogen) atoms. The van der Waals surface area contributed by atoms with Crippen LogP contribution in [0.1, 0.15) is 18.5 Å². The molecule has 0 heterocycles. The van der Waals surface area contributed by atoms with Gasteiger partial charge in [-0.2, -0.15) is 13.2 Å². The van der Waals surface area contributed by atoms with Crippen LogP contribution in [-0.4, -0.2) is 19.8 Å². The van der Waals surface area contributed by atoms with E-state index in [1.54, 1.807) is 14.0 Å². The molecule has 2 nitrogen and oxygen atoms in total. The summed E-state index contributed by atoms with van der Waals surface area (Å²) in [5, 5.41) is 4.45. The largest absolute Gasteiger partial charge is 0.497 e. The minimum absolute atomic E-state index is 0.358. The molecule has 2 aromatic rings. The number of hydrogen-bond donors (Lipinski definition) is 1. The topological polar surface area (TPSA) is 21.3 Å². The minimum atomic E-state index is -4.20. The van der Waals surface area contributed by atoms with Crippen molar-refractivity contribution in [2.75, 3.05) is 13.7 Å². The fourth-order valence-electron chi connectivity index (χ4n) is 2.03. The van der Waals surface area contributed by atoms with E-state index in [0.29, 0.717) is 0 Å². The second-order valence-corrected chi connectivity index (χ2v) is 4.69. The SMILES string of the molecule is COc1ccc2cc(C(C)NCC(F)(F)F)ccc2c1. The summed E-state index contributed by atoms with van der Waals surface area (Å²) >= 11 is 0. The van der Waals surface area contributed by atoms with Gasteiger partial charge in [-0.1, -0.05) is 18.2 Å². The molecule has 1 unspecified atom stereocenters. The van der Waals surface area contributed by atoms with Crippen molar-refractivity contribution >= 4 is 10.8 Å². The fraction of sp³-hybridized carbons (Fsp3) is 0.333. The van der Waals surface area contributed by atoms with Crippen molar-refractivity contribution < 1.29 is 17.9 Å². The van der Waals surface area contributed by atoms with Crippen molar-refractivity contribution in [2.24, 2.45) is 0 Å². The number of fused-ring (bicyclic) bond motifs is 1. The highest BCUT2D eigenvalue weighted by atomic mass is 19.4. The lowest BCUT2D eigenvalue weighted by Gasteiger charge is -2.16. The fourth-order valence-corrected chi connectivity index (χ4v) is 2.03. The van der Waals surface area contributed by atoms with Gasteiger partial charge in [0.1, 0.15) is 5.75 Å². The number of ether oxygens (including phenoxy) is 1. The Balaban J connectivity index is 2.19. The maximum atomic E-state index is 12.2. The maximum Gasteiger partial charge on any atom is 0.401 e. The molecular formula is C15H16F3NO. The van der Waals surface area contributed by atoms with E-state index in [9.17, 15) is 13.2 Å². The molecule has 0 fully saturated rings. The van der Waals surface area contributed by atoms with Gasteiger partial charge >= 0.3 is 6.18 Å². The third-order valence-electron chi connectivity index (χ3n) is 3.18. The Morgan fingerprint density at radius 2 is 1.75 bits per heavy atom. The summed E-state index contributed by atoms with van der Waals surface area (Å²) in [5.41, 5.74) is 0.826. The van der Waals surface area contributed by atoms with Crippen molar-refractivity contribution in [2.45, 2.75) is 19.1 Å². The average Bonchev–Trinajstić information content (AvgIpc) is 2.42. The van der Waals surface area contributed by atoms with Crippen molar-refractivity contribution in [3.8, 4) is 5.75 Å². The van der Waals surface area contributed by atoms with Gasteiger partial charge in [0.25, 0.3) is 0 Å². The Kier molecular flexibility index (Phi) is 4.18. The highest BCUT2D eigenvalue weighted by Crippen LogP contribution is 2.24. The standard InChI is InChI=1S/C15H16F3NO/c1-10(19-9-15(16,17)18)11-3-4-13-8-14(20-2)6-5-12(13)7-11/h3-8,10,19H,9H2,1-2H3. The van der Waals surface area contributed by atoms with E-state index in [-0.39, 0.29) is 6.04 Å². The van der Waals surface area contributed by atoms with Gasteiger partial charge in [0.15, 0.2) is 0 Å². The number of methoxy groups -OCH3 is 1. The summed E-state index contributed by atoms with van der Waals surface area (Å²) in [6.07, 6.45) is -4.20. The molecule has 1 atom stereocenters. The molecule has 0 aliphatic rings. The van der Waals surface area contributed by atoms with Crippen molar-refractivity contribution in [3.05, 3.63) is 42.0 Å². The zero-order chi connectivity index (χ0) is 14.8. The molecule has 0 bridgehead atoms. The maximum absolute atomic E-state index is 12.2. The quantitative estimate of drug-likeness (QED) is 0.913. The third kappa shape index (κ3) is 3.63. The second kappa shape index (κ2) is 5.71. The Bertz CT molecular complexity index is 595. The van der Waals surface area contributed by atoms with Crippen LogP contribution in [0.3, 0.4) is 0 Å². The van der Waals surface area contributed by atoms with E-state index >= 15 is 0 Å². The van der Waals surface area contributed by atoms with Crippen LogP contribution in [0, 0.1) is 0 Å². The van der Waals surface area contributed by atoms with E-state index in [0.717, 1.165) is 22.1 Å². The van der Waals surface area contributed by atoms with Crippen molar-refractivity contribution in [3.63, 3.8) is 0 Å².